The Balaban J connectivity index is 3.62. The minimum Gasteiger partial charge on any atom is -0.395 e. The maximum Gasteiger partial charge on any atom is 0.401 e. The predicted octanol–water partition coefficient (Wildman–Crippen LogP) is 0.0749. The van der Waals surface area contributed by atoms with Crippen LogP contribution < -0.4 is 4.30 Å². The van der Waals surface area contributed by atoms with Gasteiger partial charge in [0.05, 0.1) is 6.04 Å². The molecule has 0 aliphatic heterocycles. The van der Waals surface area contributed by atoms with Gasteiger partial charge in [-0.2, -0.15) is 13.2 Å². The van der Waals surface area contributed by atoms with E-state index in [-0.39, 0.29) is 0 Å². The molecule has 0 heterocycles. The van der Waals surface area contributed by atoms with Crippen LogP contribution in [-0.2, 0) is 0 Å². The van der Waals surface area contributed by atoms with Crippen molar-refractivity contribution in [2.75, 3.05) is 0 Å². The van der Waals surface area contributed by atoms with Gasteiger partial charge in [0.1, 0.15) is 0 Å². The molecule has 5 heteroatoms. The van der Waals surface area contributed by atoms with Gasteiger partial charge in [-0.1, -0.05) is 0 Å². The number of alkyl halides is 3. The predicted molar refractivity (Wildman–Crippen MR) is 27.2 cm³/mol. The topological polar surface area (TPSA) is 12.0 Å². The molecule has 0 fully saturated rings. The standard InChI is InChI=1S/C3H5F3N.Al.2H/c1-2(7)3(4,5)6;;;/h2,7H,1H3;;;/q-1;+1;;. The van der Waals surface area contributed by atoms with Gasteiger partial charge in [-0.15, -0.1) is 0 Å². The van der Waals surface area contributed by atoms with Crippen LogP contribution in [0.1, 0.15) is 6.92 Å². The van der Waals surface area contributed by atoms with Crippen molar-refractivity contribution >= 4 is 16.5 Å². The molecule has 0 spiro atoms. The summed E-state index contributed by atoms with van der Waals surface area (Å²) in [6.45, 7) is 1.10. The third kappa shape index (κ3) is 2.56. The molecular weight excluding hydrogens is 134 g/mol. The molecule has 0 aliphatic carbocycles. The van der Waals surface area contributed by atoms with Gasteiger partial charge in [-0.3, -0.25) is 0 Å². The summed E-state index contributed by atoms with van der Waals surface area (Å²) in [6.07, 6.45) is -4.07. The molecule has 0 radical (unpaired) electrons. The fourth-order valence-electron chi connectivity index (χ4n) is 0.164. The van der Waals surface area contributed by atoms with Crippen LogP contribution in [0.5, 0.6) is 0 Å². The third-order valence-electron chi connectivity index (χ3n) is 0.924. The van der Waals surface area contributed by atoms with Crippen LogP contribution in [0.15, 0.2) is 0 Å². The number of hydrogen-bond acceptors (Lipinski definition) is 1. The monoisotopic (exact) mass is 141 g/mol. The molecule has 48 valence electrons. The van der Waals surface area contributed by atoms with E-state index in [1.807, 2.05) is 0 Å². The van der Waals surface area contributed by atoms with E-state index < -0.39 is 12.2 Å². The van der Waals surface area contributed by atoms with Crippen molar-refractivity contribution in [1.29, 1.82) is 0 Å². The number of nitrogens with one attached hydrogen (secondary N) is 1. The van der Waals surface area contributed by atoms with E-state index in [0.717, 1.165) is 6.92 Å². The average Bonchev–Trinajstić information content (AvgIpc) is 1.62. The molecule has 0 aliphatic rings. The van der Waals surface area contributed by atoms with Crippen molar-refractivity contribution in [3.63, 3.8) is 0 Å². The zero-order valence-corrected chi connectivity index (χ0v) is 6.71. The summed E-state index contributed by atoms with van der Waals surface area (Å²) in [4.78, 5) is 0. The Bertz CT molecular complexity index is 71.4. The second-order valence-corrected chi connectivity index (χ2v) is 2.13. The molecule has 0 aromatic rings. The van der Waals surface area contributed by atoms with Gasteiger partial charge in [0, 0.05) is 0 Å². The number of halogens is 3. The van der Waals surface area contributed by atoms with E-state index in [1.165, 1.54) is 0 Å². The second-order valence-electron chi connectivity index (χ2n) is 1.55. The highest BCUT2D eigenvalue weighted by Gasteiger charge is 2.33. The van der Waals surface area contributed by atoms with Gasteiger partial charge >= 0.3 is 22.7 Å². The van der Waals surface area contributed by atoms with E-state index in [0.29, 0.717) is 16.5 Å². The molecule has 8 heavy (non-hydrogen) atoms. The number of hydrogen-bond donors (Lipinski definition) is 1. The van der Waals surface area contributed by atoms with Crippen LogP contribution in [0.2, 0.25) is 0 Å². The summed E-state index contributed by atoms with van der Waals surface area (Å²) in [7, 11) is 0. The molecule has 0 saturated carbocycles. The average molecular weight is 141 g/mol. The molecule has 1 N–H and O–H groups in total. The summed E-state index contributed by atoms with van der Waals surface area (Å²) < 4.78 is 36.4. The summed E-state index contributed by atoms with van der Waals surface area (Å²) in [6, 6.07) is -1.34. The molecule has 0 bridgehead atoms. The first-order chi connectivity index (χ1) is 3.48. The fraction of sp³-hybridized carbons (Fsp3) is 1.00. The first-order valence-corrected chi connectivity index (χ1v) is 3.22. The van der Waals surface area contributed by atoms with Crippen LogP contribution >= 0.6 is 0 Å². The van der Waals surface area contributed by atoms with Crippen LogP contribution in [0.3, 0.4) is 0 Å². The Morgan fingerprint density at radius 3 is 1.88 bits per heavy atom. The van der Waals surface area contributed by atoms with Crippen molar-refractivity contribution in [3.05, 3.63) is 0 Å². The van der Waals surface area contributed by atoms with Crippen molar-refractivity contribution in [2.45, 2.75) is 19.1 Å². The lowest BCUT2D eigenvalue weighted by Crippen LogP contribution is -2.37. The summed E-state index contributed by atoms with van der Waals surface area (Å²) >= 11 is 0.384. The van der Waals surface area contributed by atoms with Crippen molar-refractivity contribution in [3.8, 4) is 0 Å². The van der Waals surface area contributed by atoms with E-state index >= 15 is 0 Å². The van der Waals surface area contributed by atoms with Crippen LogP contribution in [-0.4, -0.2) is 28.7 Å². The van der Waals surface area contributed by atoms with Crippen molar-refractivity contribution in [1.82, 2.24) is 4.30 Å². The Morgan fingerprint density at radius 2 is 1.88 bits per heavy atom. The Hall–Kier alpha value is 0.282. The maximum atomic E-state index is 11.4. The smallest absolute Gasteiger partial charge is 0.395 e. The van der Waals surface area contributed by atoms with E-state index in [2.05, 4.69) is 4.30 Å². The van der Waals surface area contributed by atoms with Crippen LogP contribution in [0.25, 0.3) is 0 Å². The zero-order chi connectivity index (χ0) is 6.78. The minimum absolute atomic E-state index is 0.384. The molecule has 1 nitrogen and oxygen atoms in total. The minimum atomic E-state index is -4.07. The molecule has 0 aromatic heterocycles. The maximum absolute atomic E-state index is 11.4. The highest BCUT2D eigenvalue weighted by molar-refractivity contribution is 6.04. The van der Waals surface area contributed by atoms with Gasteiger partial charge in [0.15, 0.2) is 0 Å². The van der Waals surface area contributed by atoms with Gasteiger partial charge in [0.25, 0.3) is 0 Å². The lowest BCUT2D eigenvalue weighted by Gasteiger charge is -2.13. The molecule has 0 aromatic carbocycles. The molecule has 1 unspecified atom stereocenters. The first-order valence-electron chi connectivity index (χ1n) is 2.22. The highest BCUT2D eigenvalue weighted by Crippen LogP contribution is 2.18. The Morgan fingerprint density at radius 1 is 1.50 bits per heavy atom. The zero-order valence-electron chi connectivity index (χ0n) is 4.71. The highest BCUT2D eigenvalue weighted by atomic mass is 27.1. The van der Waals surface area contributed by atoms with Crippen molar-refractivity contribution < 1.29 is 13.2 Å². The summed E-state index contributed by atoms with van der Waals surface area (Å²) in [5.74, 6) is 0. The quantitative estimate of drug-likeness (QED) is 0.510. The van der Waals surface area contributed by atoms with Gasteiger partial charge < -0.3 is 4.30 Å². The van der Waals surface area contributed by atoms with Gasteiger partial charge in [0.2, 0.25) is 0 Å². The number of rotatable bonds is 1. The van der Waals surface area contributed by atoms with Crippen molar-refractivity contribution in [2.24, 2.45) is 0 Å². The largest absolute Gasteiger partial charge is 0.401 e. The molecule has 0 amide bonds. The molecule has 0 rings (SSSR count). The van der Waals surface area contributed by atoms with Gasteiger partial charge in [-0.25, -0.2) is 0 Å². The normalized spacial score (nSPS) is 16.0. The molecule has 1 atom stereocenters. The Kier molecular flexibility index (Phi) is 2.81. The fourth-order valence-corrected chi connectivity index (χ4v) is 0.491. The lowest BCUT2D eigenvalue weighted by molar-refractivity contribution is -0.147. The Labute approximate surface area is 53.9 Å². The van der Waals surface area contributed by atoms with E-state index in [9.17, 15) is 13.2 Å². The molecular formula is C3H7AlF3N. The van der Waals surface area contributed by atoms with Gasteiger partial charge in [-0.05, 0) is 6.92 Å². The van der Waals surface area contributed by atoms with Crippen LogP contribution in [0.4, 0.5) is 13.2 Å². The first kappa shape index (κ1) is 8.28. The van der Waals surface area contributed by atoms with E-state index in [1.54, 1.807) is 0 Å². The summed E-state index contributed by atoms with van der Waals surface area (Å²) in [5, 5.41) is 0. The summed E-state index contributed by atoms with van der Waals surface area (Å²) in [5.41, 5.74) is 0. The SMILES string of the molecule is CC([NH][AlH2])C(F)(F)F. The second kappa shape index (κ2) is 2.72. The van der Waals surface area contributed by atoms with Crippen LogP contribution in [0, 0.1) is 0 Å². The van der Waals surface area contributed by atoms with E-state index in [4.69, 9.17) is 0 Å². The lowest BCUT2D eigenvalue weighted by atomic mass is 10.4. The third-order valence-corrected chi connectivity index (χ3v) is 1.79. The molecule has 0 saturated heterocycles.